The highest BCUT2D eigenvalue weighted by molar-refractivity contribution is 5.67. The van der Waals surface area contributed by atoms with Crippen LogP contribution in [0, 0.1) is 0 Å². The molecule has 0 aromatic carbocycles. The molecule has 19 heavy (non-hydrogen) atoms. The van der Waals surface area contributed by atoms with Crippen LogP contribution in [0.5, 0.6) is 5.88 Å². The molecule has 0 aliphatic carbocycles. The molecule has 0 unspecified atom stereocenters. The van der Waals surface area contributed by atoms with Crippen LogP contribution in [0.1, 0.15) is 59.2 Å². The quantitative estimate of drug-likeness (QED) is 0.741. The van der Waals surface area contributed by atoms with Gasteiger partial charge in [-0.3, -0.25) is 0 Å². The van der Waals surface area contributed by atoms with Crippen molar-refractivity contribution in [3.8, 4) is 5.88 Å². The van der Waals surface area contributed by atoms with Gasteiger partial charge in [0.2, 0.25) is 5.88 Å². The SMILES string of the molecule is CCCCOc1nc(C(C)C)nc(NC(C)C)c1N. The summed E-state index contributed by atoms with van der Waals surface area (Å²) in [4.78, 5) is 8.89. The average Bonchev–Trinajstić information content (AvgIpc) is 2.33. The Labute approximate surface area is 116 Å². The monoisotopic (exact) mass is 266 g/mol. The maximum Gasteiger partial charge on any atom is 0.242 e. The Morgan fingerprint density at radius 3 is 2.42 bits per heavy atom. The van der Waals surface area contributed by atoms with Crippen molar-refractivity contribution < 1.29 is 4.74 Å². The predicted molar refractivity (Wildman–Crippen MR) is 79.7 cm³/mol. The molecule has 0 saturated carbocycles. The Hall–Kier alpha value is -1.52. The van der Waals surface area contributed by atoms with Crippen molar-refractivity contribution in [2.75, 3.05) is 17.7 Å². The van der Waals surface area contributed by atoms with Gasteiger partial charge in [-0.1, -0.05) is 27.2 Å². The van der Waals surface area contributed by atoms with E-state index in [0.29, 0.717) is 24.0 Å². The van der Waals surface area contributed by atoms with Gasteiger partial charge in [0.05, 0.1) is 6.61 Å². The molecule has 0 amide bonds. The third-order valence-electron chi connectivity index (χ3n) is 2.61. The fraction of sp³-hybridized carbons (Fsp3) is 0.714. The molecule has 1 rings (SSSR count). The lowest BCUT2D eigenvalue weighted by Gasteiger charge is -2.16. The van der Waals surface area contributed by atoms with Crippen molar-refractivity contribution in [1.82, 2.24) is 9.97 Å². The van der Waals surface area contributed by atoms with Crippen LogP contribution >= 0.6 is 0 Å². The van der Waals surface area contributed by atoms with Gasteiger partial charge >= 0.3 is 0 Å². The van der Waals surface area contributed by atoms with E-state index in [-0.39, 0.29) is 12.0 Å². The molecular weight excluding hydrogens is 240 g/mol. The number of rotatable bonds is 7. The van der Waals surface area contributed by atoms with Gasteiger partial charge in [0.25, 0.3) is 0 Å². The van der Waals surface area contributed by atoms with E-state index in [2.05, 4.69) is 36.1 Å². The second-order valence-electron chi connectivity index (χ2n) is 5.30. The Balaban J connectivity index is 3.02. The summed E-state index contributed by atoms with van der Waals surface area (Å²) in [6.07, 6.45) is 2.08. The summed E-state index contributed by atoms with van der Waals surface area (Å²) < 4.78 is 5.67. The highest BCUT2D eigenvalue weighted by atomic mass is 16.5. The van der Waals surface area contributed by atoms with Crippen LogP contribution in [-0.2, 0) is 0 Å². The van der Waals surface area contributed by atoms with Crippen LogP contribution in [0.4, 0.5) is 11.5 Å². The first-order valence-electron chi connectivity index (χ1n) is 7.02. The molecular formula is C14H26N4O. The Bertz CT molecular complexity index is 405. The lowest BCUT2D eigenvalue weighted by molar-refractivity contribution is 0.298. The minimum Gasteiger partial charge on any atom is -0.476 e. The predicted octanol–water partition coefficient (Wildman–Crippen LogP) is 3.18. The largest absolute Gasteiger partial charge is 0.476 e. The lowest BCUT2D eigenvalue weighted by atomic mass is 10.2. The van der Waals surface area contributed by atoms with Gasteiger partial charge in [0, 0.05) is 12.0 Å². The zero-order chi connectivity index (χ0) is 14.4. The standard InChI is InChI=1S/C14H26N4O/c1-6-7-8-19-14-11(15)13(16-10(4)5)17-12(18-14)9(2)3/h9-10H,6-8,15H2,1-5H3,(H,16,17,18). The van der Waals surface area contributed by atoms with Crippen LogP contribution in [0.15, 0.2) is 0 Å². The Morgan fingerprint density at radius 1 is 1.21 bits per heavy atom. The van der Waals surface area contributed by atoms with E-state index >= 15 is 0 Å². The minimum absolute atomic E-state index is 0.238. The molecule has 0 aliphatic rings. The van der Waals surface area contributed by atoms with Gasteiger partial charge in [0.1, 0.15) is 11.5 Å². The summed E-state index contributed by atoms with van der Waals surface area (Å²) in [6, 6.07) is 0.265. The number of ether oxygens (including phenoxy) is 1. The van der Waals surface area contributed by atoms with Gasteiger partial charge in [0.15, 0.2) is 5.82 Å². The molecule has 0 fully saturated rings. The van der Waals surface area contributed by atoms with Crippen molar-refractivity contribution in [1.29, 1.82) is 0 Å². The van der Waals surface area contributed by atoms with E-state index in [1.165, 1.54) is 0 Å². The number of nitrogens with two attached hydrogens (primary N) is 1. The summed E-state index contributed by atoms with van der Waals surface area (Å²) in [5.74, 6) is 2.15. The first kappa shape index (κ1) is 15.5. The topological polar surface area (TPSA) is 73.1 Å². The number of aromatic nitrogens is 2. The van der Waals surface area contributed by atoms with Crippen molar-refractivity contribution in [3.05, 3.63) is 5.82 Å². The Kier molecular flexibility index (Phi) is 5.86. The smallest absolute Gasteiger partial charge is 0.242 e. The summed E-state index contributed by atoms with van der Waals surface area (Å²) >= 11 is 0. The number of nitrogen functional groups attached to an aromatic ring is 1. The fourth-order valence-corrected chi connectivity index (χ4v) is 1.53. The second kappa shape index (κ2) is 7.16. The summed E-state index contributed by atoms with van der Waals surface area (Å²) in [5.41, 5.74) is 6.57. The van der Waals surface area contributed by atoms with Crippen molar-refractivity contribution in [2.45, 2.75) is 59.4 Å². The zero-order valence-electron chi connectivity index (χ0n) is 12.7. The highest BCUT2D eigenvalue weighted by Gasteiger charge is 2.15. The van der Waals surface area contributed by atoms with Gasteiger partial charge in [-0.15, -0.1) is 0 Å². The maximum atomic E-state index is 6.07. The van der Waals surface area contributed by atoms with E-state index < -0.39 is 0 Å². The molecule has 0 spiro atoms. The van der Waals surface area contributed by atoms with Crippen LogP contribution < -0.4 is 15.8 Å². The molecule has 1 heterocycles. The first-order valence-corrected chi connectivity index (χ1v) is 7.02. The number of hydrogen-bond acceptors (Lipinski definition) is 5. The molecule has 1 aromatic heterocycles. The molecule has 3 N–H and O–H groups in total. The highest BCUT2D eigenvalue weighted by Crippen LogP contribution is 2.28. The first-order chi connectivity index (χ1) is 8.95. The maximum absolute atomic E-state index is 6.07. The fourth-order valence-electron chi connectivity index (χ4n) is 1.53. The van der Waals surface area contributed by atoms with Gasteiger partial charge in [-0.2, -0.15) is 4.98 Å². The van der Waals surface area contributed by atoms with E-state index in [9.17, 15) is 0 Å². The molecule has 5 nitrogen and oxygen atoms in total. The molecule has 0 saturated heterocycles. The zero-order valence-corrected chi connectivity index (χ0v) is 12.7. The van der Waals surface area contributed by atoms with E-state index in [4.69, 9.17) is 10.5 Å². The number of nitrogens with one attached hydrogen (secondary N) is 1. The van der Waals surface area contributed by atoms with Gasteiger partial charge < -0.3 is 15.8 Å². The molecule has 0 atom stereocenters. The number of nitrogens with zero attached hydrogens (tertiary/aromatic N) is 2. The van der Waals surface area contributed by atoms with Crippen LogP contribution in [0.3, 0.4) is 0 Å². The van der Waals surface area contributed by atoms with Crippen LogP contribution in [-0.4, -0.2) is 22.6 Å². The van der Waals surface area contributed by atoms with Gasteiger partial charge in [-0.25, -0.2) is 4.98 Å². The summed E-state index contributed by atoms with van der Waals surface area (Å²) in [5, 5.41) is 3.24. The van der Waals surface area contributed by atoms with Gasteiger partial charge in [-0.05, 0) is 20.3 Å². The molecule has 0 aliphatic heterocycles. The summed E-state index contributed by atoms with van der Waals surface area (Å²) in [6.45, 7) is 11.0. The number of anilines is 2. The second-order valence-corrected chi connectivity index (χ2v) is 5.30. The van der Waals surface area contributed by atoms with Crippen molar-refractivity contribution in [2.24, 2.45) is 0 Å². The molecule has 0 bridgehead atoms. The van der Waals surface area contributed by atoms with Crippen LogP contribution in [0.2, 0.25) is 0 Å². The van der Waals surface area contributed by atoms with Crippen molar-refractivity contribution in [3.63, 3.8) is 0 Å². The van der Waals surface area contributed by atoms with E-state index in [1.807, 2.05) is 13.8 Å². The Morgan fingerprint density at radius 2 is 1.89 bits per heavy atom. The van der Waals surface area contributed by atoms with Crippen LogP contribution in [0.25, 0.3) is 0 Å². The molecule has 0 radical (unpaired) electrons. The third kappa shape index (κ3) is 4.58. The lowest BCUT2D eigenvalue weighted by Crippen LogP contribution is -2.16. The molecule has 108 valence electrons. The number of hydrogen-bond donors (Lipinski definition) is 2. The van der Waals surface area contributed by atoms with E-state index in [0.717, 1.165) is 18.7 Å². The molecule has 1 aromatic rings. The summed E-state index contributed by atoms with van der Waals surface area (Å²) in [7, 11) is 0. The van der Waals surface area contributed by atoms with Crippen molar-refractivity contribution >= 4 is 11.5 Å². The minimum atomic E-state index is 0.238. The van der Waals surface area contributed by atoms with E-state index in [1.54, 1.807) is 0 Å². The normalized spacial score (nSPS) is 11.1. The third-order valence-corrected chi connectivity index (χ3v) is 2.61. The average molecular weight is 266 g/mol. The molecule has 5 heteroatoms. The number of unbranched alkanes of at least 4 members (excludes halogenated alkanes) is 1.